The molecule has 0 spiro atoms. The van der Waals surface area contributed by atoms with Gasteiger partial charge in [0.25, 0.3) is 5.91 Å². The Morgan fingerprint density at radius 1 is 1.33 bits per heavy atom. The van der Waals surface area contributed by atoms with Crippen molar-refractivity contribution in [1.29, 1.82) is 0 Å². The molecule has 110 valence electrons. The molecule has 1 aromatic heterocycles. The molecule has 0 unspecified atom stereocenters. The van der Waals surface area contributed by atoms with Crippen LogP contribution in [-0.4, -0.2) is 16.8 Å². The Bertz CT molecular complexity index is 684. The molecule has 1 saturated carbocycles. The molecule has 1 fully saturated rings. The minimum atomic E-state index is -0.604. The lowest BCUT2D eigenvalue weighted by molar-refractivity contribution is 0.0729. The van der Waals surface area contributed by atoms with Crippen molar-refractivity contribution in [3.05, 3.63) is 55.3 Å². The Hall–Kier alpha value is -1.02. The summed E-state index contributed by atoms with van der Waals surface area (Å²) in [5.41, 5.74) is 0.986. The summed E-state index contributed by atoms with van der Waals surface area (Å²) in [5.74, 6) is -1.29. The largest absolute Gasteiger partial charge is 0.331 e. The maximum absolute atomic E-state index is 13.8. The van der Waals surface area contributed by atoms with Crippen LogP contribution >= 0.6 is 33.9 Å². The van der Waals surface area contributed by atoms with E-state index in [0.717, 1.165) is 21.8 Å². The molecule has 0 radical (unpaired) electrons. The summed E-state index contributed by atoms with van der Waals surface area (Å²) in [6.45, 7) is 0.183. The van der Waals surface area contributed by atoms with Crippen molar-refractivity contribution in [1.82, 2.24) is 4.90 Å². The predicted octanol–water partition coefficient (Wildman–Crippen LogP) is 4.44. The molecule has 1 heterocycles. The van der Waals surface area contributed by atoms with Crippen molar-refractivity contribution in [2.75, 3.05) is 0 Å². The first-order valence-electron chi connectivity index (χ1n) is 6.53. The van der Waals surface area contributed by atoms with E-state index < -0.39 is 11.6 Å². The molecule has 6 heteroatoms. The number of amides is 1. The van der Waals surface area contributed by atoms with Gasteiger partial charge in [0.2, 0.25) is 0 Å². The van der Waals surface area contributed by atoms with Crippen molar-refractivity contribution in [3.8, 4) is 0 Å². The summed E-state index contributed by atoms with van der Waals surface area (Å²) in [6, 6.07) is 5.49. The van der Waals surface area contributed by atoms with Crippen LogP contribution in [0.25, 0.3) is 0 Å². The van der Waals surface area contributed by atoms with Gasteiger partial charge in [0.05, 0.1) is 8.45 Å². The van der Waals surface area contributed by atoms with Crippen molar-refractivity contribution >= 4 is 39.8 Å². The molecule has 3 rings (SSSR count). The van der Waals surface area contributed by atoms with Crippen LogP contribution in [0.1, 0.15) is 28.8 Å². The van der Waals surface area contributed by atoms with E-state index in [2.05, 4.69) is 22.6 Å². The molecule has 0 bridgehead atoms. The summed E-state index contributed by atoms with van der Waals surface area (Å²) < 4.78 is 27.8. The van der Waals surface area contributed by atoms with Gasteiger partial charge in [-0.1, -0.05) is 6.07 Å². The van der Waals surface area contributed by atoms with Gasteiger partial charge < -0.3 is 4.90 Å². The second-order valence-corrected chi connectivity index (χ2v) is 7.84. The molecule has 1 aliphatic rings. The molecular weight excluding hydrogens is 407 g/mol. The molecule has 1 amide bonds. The average molecular weight is 419 g/mol. The number of carbonyl (C=O) groups excluding carboxylic acids is 1. The summed E-state index contributed by atoms with van der Waals surface area (Å²) >= 11 is 3.68. The quantitative estimate of drug-likeness (QED) is 0.672. The zero-order chi connectivity index (χ0) is 15.0. The first-order chi connectivity index (χ1) is 10.0. The highest BCUT2D eigenvalue weighted by molar-refractivity contribution is 14.1. The molecule has 21 heavy (non-hydrogen) atoms. The van der Waals surface area contributed by atoms with Crippen LogP contribution in [0, 0.1) is 14.5 Å². The molecule has 2 aromatic rings. The first kappa shape index (κ1) is 14.9. The minimum Gasteiger partial charge on any atom is -0.331 e. The molecule has 2 nitrogen and oxygen atoms in total. The van der Waals surface area contributed by atoms with Gasteiger partial charge in [0.15, 0.2) is 0 Å². The third-order valence-corrected chi connectivity index (χ3v) is 5.21. The molecular formula is C15H12F2INOS. The fourth-order valence-electron chi connectivity index (χ4n) is 2.17. The van der Waals surface area contributed by atoms with Gasteiger partial charge in [-0.25, -0.2) is 8.78 Å². The first-order valence-corrected chi connectivity index (χ1v) is 8.49. The molecule has 0 N–H and O–H groups in total. The highest BCUT2D eigenvalue weighted by Crippen LogP contribution is 2.31. The predicted molar refractivity (Wildman–Crippen MR) is 86.3 cm³/mol. The Labute approximate surface area is 138 Å². The number of halogens is 3. The number of hydrogen-bond donors (Lipinski definition) is 0. The molecule has 0 saturated heterocycles. The van der Waals surface area contributed by atoms with Gasteiger partial charge >= 0.3 is 0 Å². The van der Waals surface area contributed by atoms with Gasteiger partial charge in [-0.15, -0.1) is 11.3 Å². The zero-order valence-electron chi connectivity index (χ0n) is 11.0. The number of hydrogen-bond acceptors (Lipinski definition) is 2. The van der Waals surface area contributed by atoms with Gasteiger partial charge in [-0.2, -0.15) is 0 Å². The Morgan fingerprint density at radius 3 is 2.67 bits per heavy atom. The van der Waals surface area contributed by atoms with Crippen LogP contribution in [0.2, 0.25) is 0 Å². The van der Waals surface area contributed by atoms with Crippen molar-refractivity contribution in [2.24, 2.45) is 0 Å². The number of carbonyl (C=O) groups is 1. The van der Waals surface area contributed by atoms with Gasteiger partial charge in [-0.05, 0) is 47.6 Å². The molecule has 0 aliphatic heterocycles. The molecule has 0 atom stereocenters. The molecule has 1 aromatic carbocycles. The number of rotatable bonds is 4. The van der Waals surface area contributed by atoms with E-state index in [0.29, 0.717) is 11.1 Å². The molecule has 1 aliphatic carbocycles. The summed E-state index contributed by atoms with van der Waals surface area (Å²) in [5, 5.41) is 1.82. The van der Waals surface area contributed by atoms with E-state index in [9.17, 15) is 13.6 Å². The number of thiophene rings is 1. The van der Waals surface area contributed by atoms with Gasteiger partial charge in [0, 0.05) is 29.6 Å². The van der Waals surface area contributed by atoms with Crippen molar-refractivity contribution in [3.63, 3.8) is 0 Å². The summed E-state index contributed by atoms with van der Waals surface area (Å²) in [7, 11) is 0. The smallest absolute Gasteiger partial charge is 0.255 e. The standard InChI is InChI=1S/C15H12F2INOS/c16-11-2-1-9(13(17)6-11)7-19(12-3-4-12)15(20)10-5-14(18)21-8-10/h1-2,5-6,8,12H,3-4,7H2. The fourth-order valence-corrected chi connectivity index (χ4v) is 3.49. The van der Waals surface area contributed by atoms with E-state index in [1.807, 2.05) is 11.4 Å². The third-order valence-electron chi connectivity index (χ3n) is 3.42. The second-order valence-electron chi connectivity index (χ2n) is 5.04. The third kappa shape index (κ3) is 3.42. The van der Waals surface area contributed by atoms with Crippen LogP contribution in [-0.2, 0) is 6.54 Å². The van der Waals surface area contributed by atoms with Crippen LogP contribution in [0.3, 0.4) is 0 Å². The van der Waals surface area contributed by atoms with Crippen LogP contribution in [0.4, 0.5) is 8.78 Å². The normalized spacial score (nSPS) is 14.2. The maximum Gasteiger partial charge on any atom is 0.255 e. The number of nitrogens with zero attached hydrogens (tertiary/aromatic N) is 1. The minimum absolute atomic E-state index is 0.0830. The summed E-state index contributed by atoms with van der Waals surface area (Å²) in [6.07, 6.45) is 1.88. The Kier molecular flexibility index (Phi) is 4.26. The van der Waals surface area contributed by atoms with E-state index >= 15 is 0 Å². The lowest BCUT2D eigenvalue weighted by Crippen LogP contribution is -2.32. The Balaban J connectivity index is 1.83. The maximum atomic E-state index is 13.8. The van der Waals surface area contributed by atoms with E-state index in [4.69, 9.17) is 0 Å². The number of benzene rings is 1. The highest BCUT2D eigenvalue weighted by atomic mass is 127. The van der Waals surface area contributed by atoms with Crippen molar-refractivity contribution in [2.45, 2.75) is 25.4 Å². The highest BCUT2D eigenvalue weighted by Gasteiger charge is 2.33. The summed E-state index contributed by atoms with van der Waals surface area (Å²) in [4.78, 5) is 14.2. The lowest BCUT2D eigenvalue weighted by atomic mass is 10.1. The lowest BCUT2D eigenvalue weighted by Gasteiger charge is -2.22. The van der Waals surface area contributed by atoms with E-state index in [1.54, 1.807) is 4.90 Å². The fraction of sp³-hybridized carbons (Fsp3) is 0.267. The monoisotopic (exact) mass is 419 g/mol. The van der Waals surface area contributed by atoms with Crippen LogP contribution in [0.5, 0.6) is 0 Å². The van der Waals surface area contributed by atoms with Gasteiger partial charge in [0.1, 0.15) is 11.6 Å². The zero-order valence-corrected chi connectivity index (χ0v) is 14.0. The average Bonchev–Trinajstić information content (AvgIpc) is 3.18. The van der Waals surface area contributed by atoms with Crippen molar-refractivity contribution < 1.29 is 13.6 Å². The van der Waals surface area contributed by atoms with E-state index in [-0.39, 0.29) is 18.5 Å². The van der Waals surface area contributed by atoms with Gasteiger partial charge in [-0.3, -0.25) is 4.79 Å². The van der Waals surface area contributed by atoms with E-state index in [1.165, 1.54) is 23.5 Å². The SMILES string of the molecule is O=C(c1csc(I)c1)N(Cc1ccc(F)cc1F)C1CC1. The Morgan fingerprint density at radius 2 is 2.10 bits per heavy atom. The van der Waals surface area contributed by atoms with Crippen LogP contribution < -0.4 is 0 Å². The van der Waals surface area contributed by atoms with Crippen LogP contribution in [0.15, 0.2) is 29.6 Å². The topological polar surface area (TPSA) is 20.3 Å². The second kappa shape index (κ2) is 6.00.